The molecule has 0 aliphatic carbocycles. The van der Waals surface area contributed by atoms with Gasteiger partial charge in [-0.05, 0) is 64.2 Å². The maximum absolute atomic E-state index is 10.5. The zero-order valence-corrected chi connectivity index (χ0v) is 33.0. The molecule has 0 N–H and O–H groups in total. The molecule has 0 aromatic rings. The molecule has 0 heterocycles. The van der Waals surface area contributed by atoms with Crippen molar-refractivity contribution in [1.29, 1.82) is 0 Å². The number of carbonyl (C=O) groups is 2. The first kappa shape index (κ1) is 51.7. The van der Waals surface area contributed by atoms with E-state index in [0.29, 0.717) is 0 Å². The summed E-state index contributed by atoms with van der Waals surface area (Å²) < 4.78 is 63.1. The third-order valence-corrected chi connectivity index (χ3v) is 19.0. The van der Waals surface area contributed by atoms with Crippen LogP contribution in [0.25, 0.3) is 0 Å². The molecule has 0 radical (unpaired) electrons. The molecule has 0 aliphatic rings. The maximum Gasteiger partial charge on any atom is 0.430 e. The summed E-state index contributed by atoms with van der Waals surface area (Å²) in [5, 5.41) is 17.6. The Labute approximate surface area is 291 Å². The van der Waals surface area contributed by atoms with E-state index in [1.165, 1.54) is 103 Å². The van der Waals surface area contributed by atoms with Crippen LogP contribution in [0, 0.1) is 0 Å². The minimum absolute atomic E-state index is 0.657. The Balaban J connectivity index is -0.00000119. The van der Waals surface area contributed by atoms with Gasteiger partial charge in [0.25, 0.3) is 0 Å². The van der Waals surface area contributed by atoms with Gasteiger partial charge in [0.05, 0.1) is 49.3 Å². The molecule has 0 aromatic heterocycles. The summed E-state index contributed by atoms with van der Waals surface area (Å²) in [6.07, 6.45) is 29.1. The van der Waals surface area contributed by atoms with Gasteiger partial charge in [-0.1, -0.05) is 92.9 Å². The van der Waals surface area contributed by atoms with Crippen LogP contribution in [0.1, 0.15) is 157 Å². The summed E-state index contributed by atoms with van der Waals surface area (Å²) in [5.41, 5.74) is 0. The van der Waals surface area contributed by atoms with Gasteiger partial charge in [-0.3, -0.25) is 0 Å². The highest BCUT2D eigenvalue weighted by Gasteiger charge is 2.36. The molecule has 0 unspecified atom stereocenters. The molecule has 0 bridgehead atoms. The fourth-order valence-electron chi connectivity index (χ4n) is 5.90. The number of rotatable bonds is 27. The number of carboxylic acids is 2. The second kappa shape index (κ2) is 31.1. The van der Waals surface area contributed by atoms with Crippen molar-refractivity contribution in [3.8, 4) is 0 Å². The molecular weight excluding hydrogens is 672 g/mol. The number of unbranched alkanes of at least 4 members (excludes halogenated alkanes) is 11. The smallest absolute Gasteiger partial charge is 0.430 e. The number of hydrogen-bond acceptors (Lipinski definition) is 4. The predicted molar refractivity (Wildman–Crippen MR) is 192 cm³/mol. The number of aliphatic carboxylic acids is 2. The Morgan fingerprint density at radius 1 is 0.375 bits per heavy atom. The third-order valence-electron chi connectivity index (χ3n) is 8.89. The van der Waals surface area contributed by atoms with Crippen molar-refractivity contribution in [2.75, 3.05) is 49.3 Å². The second-order valence-electron chi connectivity index (χ2n) is 13.3. The first-order chi connectivity index (χ1) is 22.5. The molecule has 0 fully saturated rings. The minimum Gasteiger partial charge on any atom is -0.542 e. The zero-order chi connectivity index (χ0) is 37.5. The molecule has 0 rings (SSSR count). The van der Waals surface area contributed by atoms with E-state index in [1.54, 1.807) is 62.1 Å². The van der Waals surface area contributed by atoms with E-state index in [-0.39, 0.29) is 0 Å². The van der Waals surface area contributed by atoms with E-state index in [9.17, 15) is 26.3 Å². The van der Waals surface area contributed by atoms with Crippen molar-refractivity contribution in [1.82, 2.24) is 0 Å². The topological polar surface area (TPSA) is 80.3 Å². The van der Waals surface area contributed by atoms with E-state index in [4.69, 9.17) is 19.8 Å². The lowest BCUT2D eigenvalue weighted by Gasteiger charge is -2.28. The van der Waals surface area contributed by atoms with Crippen LogP contribution in [-0.2, 0) is 9.59 Å². The van der Waals surface area contributed by atoms with E-state index in [0.717, 1.165) is 0 Å². The lowest BCUT2D eigenvalue weighted by Crippen LogP contribution is -2.37. The van der Waals surface area contributed by atoms with Crippen LogP contribution >= 0.6 is 14.5 Å². The number of carboxylic acid groups (broad SMARTS) is 2. The average Bonchev–Trinajstić information content (AvgIpc) is 3.02. The van der Waals surface area contributed by atoms with Crippen molar-refractivity contribution in [2.24, 2.45) is 0 Å². The monoisotopic (exact) mass is 742 g/mol. The Bertz CT molecular complexity index is 658. The van der Waals surface area contributed by atoms with Gasteiger partial charge in [0.1, 0.15) is 11.9 Å². The molecule has 4 nitrogen and oxygen atoms in total. The fourth-order valence-corrected chi connectivity index (χ4v) is 16.3. The number of alkyl halides is 6. The van der Waals surface area contributed by atoms with Crippen molar-refractivity contribution in [2.45, 2.75) is 169 Å². The van der Waals surface area contributed by atoms with E-state index in [1.807, 2.05) is 0 Å². The van der Waals surface area contributed by atoms with Gasteiger partial charge < -0.3 is 19.8 Å². The van der Waals surface area contributed by atoms with E-state index >= 15 is 0 Å². The quantitative estimate of drug-likeness (QED) is 0.0477. The Morgan fingerprint density at radius 3 is 0.667 bits per heavy atom. The van der Waals surface area contributed by atoms with E-state index < -0.39 is 38.8 Å². The van der Waals surface area contributed by atoms with Gasteiger partial charge in [0.15, 0.2) is 0 Å². The molecule has 0 aliphatic heterocycles. The number of hydrogen-bond donors (Lipinski definition) is 0. The summed E-state index contributed by atoms with van der Waals surface area (Å²) in [7, 11) is -1.31. The van der Waals surface area contributed by atoms with Gasteiger partial charge >= 0.3 is 12.4 Å². The van der Waals surface area contributed by atoms with Crippen LogP contribution in [0.5, 0.6) is 0 Å². The minimum atomic E-state index is -5.19. The van der Waals surface area contributed by atoms with Crippen molar-refractivity contribution in [3.63, 3.8) is 0 Å². The SMILES string of the molecule is CCCC[P+](CCCC)(CCCC)CCCCCCCC[P+](CCCC)(CCCC)CCCC.O=C([O-])C(F)(F)F.O=C([O-])C(F)(F)F. The zero-order valence-electron chi connectivity index (χ0n) is 31.2. The summed E-state index contributed by atoms with van der Waals surface area (Å²) in [4.78, 5) is 17.6. The Morgan fingerprint density at radius 2 is 0.521 bits per heavy atom. The highest BCUT2D eigenvalue weighted by molar-refractivity contribution is 7.76. The molecule has 0 saturated heterocycles. The van der Waals surface area contributed by atoms with Gasteiger partial charge in [-0.2, -0.15) is 26.3 Å². The van der Waals surface area contributed by atoms with Gasteiger partial charge in [0, 0.05) is 14.5 Å². The van der Waals surface area contributed by atoms with Crippen molar-refractivity contribution < 1.29 is 46.1 Å². The average molecular weight is 743 g/mol. The predicted octanol–water partition coefficient (Wildman–Crippen LogP) is 10.8. The molecule has 48 heavy (non-hydrogen) atoms. The molecule has 0 saturated carbocycles. The summed E-state index contributed by atoms with van der Waals surface area (Å²) in [5.74, 6) is -6.01. The lowest BCUT2D eigenvalue weighted by molar-refractivity contribution is -0.344. The van der Waals surface area contributed by atoms with Gasteiger partial charge in [0.2, 0.25) is 0 Å². The first-order valence-corrected chi connectivity index (χ1v) is 23.8. The van der Waals surface area contributed by atoms with E-state index in [2.05, 4.69) is 41.5 Å². The standard InChI is InChI=1S/C32H70P2.2C2HF3O2/c1-7-13-25-33(26-14-8-2,27-15-9-3)31-23-21-19-20-22-24-32-34(28-16-10-4,29-17-11-5)30-18-12-6;2*3-2(4,5)1(6)7/h7-32H2,1-6H3;2*(H,6,7)/q+2;;/p-2. The largest absolute Gasteiger partial charge is 0.542 e. The molecule has 0 amide bonds. The number of carbonyl (C=O) groups excluding carboxylic acids is 2. The first-order valence-electron chi connectivity index (χ1n) is 18.7. The van der Waals surface area contributed by atoms with Crippen LogP contribution in [0.15, 0.2) is 0 Å². The molecule has 0 atom stereocenters. The Hall–Kier alpha value is -0.620. The van der Waals surface area contributed by atoms with Crippen LogP contribution in [-0.4, -0.2) is 73.6 Å². The highest BCUT2D eigenvalue weighted by Crippen LogP contribution is 2.62. The van der Waals surface area contributed by atoms with Crippen LogP contribution in [0.3, 0.4) is 0 Å². The fraction of sp³-hybridized carbons (Fsp3) is 0.944. The summed E-state index contributed by atoms with van der Waals surface area (Å²) >= 11 is 0. The van der Waals surface area contributed by atoms with Crippen molar-refractivity contribution in [3.05, 3.63) is 0 Å². The van der Waals surface area contributed by atoms with Gasteiger partial charge in [-0.25, -0.2) is 0 Å². The van der Waals surface area contributed by atoms with Crippen LogP contribution < -0.4 is 10.2 Å². The Kier molecular flexibility index (Phi) is 33.6. The molecule has 290 valence electrons. The van der Waals surface area contributed by atoms with Gasteiger partial charge in [-0.15, -0.1) is 0 Å². The summed E-state index contributed by atoms with van der Waals surface area (Å²) in [6.45, 7) is 14.4. The lowest BCUT2D eigenvalue weighted by atomic mass is 10.1. The molecule has 0 aromatic carbocycles. The third kappa shape index (κ3) is 30.2. The molecule has 0 spiro atoms. The molecular formula is C36H70F6O4P2. The van der Waals surface area contributed by atoms with Crippen LogP contribution in [0.2, 0.25) is 0 Å². The maximum atomic E-state index is 10.5. The highest BCUT2D eigenvalue weighted by atomic mass is 31.2. The molecule has 12 heteroatoms. The normalized spacial score (nSPS) is 12.2. The van der Waals surface area contributed by atoms with Crippen LogP contribution in [0.4, 0.5) is 26.3 Å². The summed E-state index contributed by atoms with van der Waals surface area (Å²) in [6, 6.07) is 0. The van der Waals surface area contributed by atoms with Crippen molar-refractivity contribution >= 4 is 26.5 Å². The number of halogens is 6. The second-order valence-corrected chi connectivity index (χ2v) is 22.2.